The first-order valence-corrected chi connectivity index (χ1v) is 9.48. The highest BCUT2D eigenvalue weighted by Gasteiger charge is 2.24. The van der Waals surface area contributed by atoms with E-state index < -0.39 is 28.6 Å². The van der Waals surface area contributed by atoms with Crippen LogP contribution in [0.4, 0.5) is 15.9 Å². The molecule has 10 heteroatoms. The van der Waals surface area contributed by atoms with Crippen molar-refractivity contribution in [1.82, 2.24) is 9.38 Å². The zero-order valence-corrected chi connectivity index (χ0v) is 15.8. The van der Waals surface area contributed by atoms with Gasteiger partial charge in [-0.2, -0.15) is 0 Å². The summed E-state index contributed by atoms with van der Waals surface area (Å²) in [6.45, 7) is 1.92. The summed E-state index contributed by atoms with van der Waals surface area (Å²) in [7, 11) is 0. The van der Waals surface area contributed by atoms with E-state index in [2.05, 4.69) is 10.3 Å². The molecule has 0 aliphatic carbocycles. The second-order valence-corrected chi connectivity index (χ2v) is 6.92. The Morgan fingerprint density at radius 3 is 2.89 bits per heavy atom. The van der Waals surface area contributed by atoms with E-state index in [0.29, 0.717) is 17.9 Å². The number of rotatable bonds is 6. The number of imidazole rings is 1. The molecule has 1 amide bonds. The molecule has 0 saturated carbocycles. The van der Waals surface area contributed by atoms with E-state index in [1.807, 2.05) is 0 Å². The molecule has 0 bridgehead atoms. The Labute approximate surface area is 162 Å². The van der Waals surface area contributed by atoms with Gasteiger partial charge in [-0.15, -0.1) is 0 Å². The number of carbonyl (C=O) groups excluding carboxylic acids is 1. The first-order chi connectivity index (χ1) is 12.9. The number of hydrogen-bond acceptors (Lipinski definition) is 3. The maximum atomic E-state index is 15.0. The Morgan fingerprint density at radius 1 is 1.41 bits per heavy atom. The predicted molar refractivity (Wildman–Crippen MR) is 103 cm³/mol. The third-order valence-corrected chi connectivity index (χ3v) is 4.91. The Hall–Kier alpha value is -2.49. The summed E-state index contributed by atoms with van der Waals surface area (Å²) in [6, 6.07) is 7.90. The highest BCUT2D eigenvalue weighted by Crippen LogP contribution is 2.30. The molecule has 1 atom stereocenters. The van der Waals surface area contributed by atoms with Crippen molar-refractivity contribution in [3.05, 3.63) is 59.1 Å². The van der Waals surface area contributed by atoms with Gasteiger partial charge in [0.05, 0.1) is 22.5 Å². The van der Waals surface area contributed by atoms with Gasteiger partial charge in [-0.25, -0.2) is 13.6 Å². The molecule has 0 fully saturated rings. The standard InChI is InChI=1S/C17H16ClFN4O3S/c1-2-8-23(27(25)26)12-7-6-11(18)15(16(12)19)17(24)21-14-10-20-13-5-3-4-9-22(13)14/h3-7,9-10H,2,8H2,1H3,(H,21,24)(H,25,26). The molecule has 0 saturated heterocycles. The van der Waals surface area contributed by atoms with Gasteiger partial charge < -0.3 is 5.32 Å². The molecule has 1 unspecified atom stereocenters. The lowest BCUT2D eigenvalue weighted by atomic mass is 10.1. The van der Waals surface area contributed by atoms with Gasteiger partial charge in [0.25, 0.3) is 17.2 Å². The number of carbonyl (C=O) groups is 1. The number of nitrogens with one attached hydrogen (secondary N) is 1. The number of hydrogen-bond donors (Lipinski definition) is 2. The van der Waals surface area contributed by atoms with E-state index in [1.54, 1.807) is 35.7 Å². The molecule has 0 aliphatic rings. The van der Waals surface area contributed by atoms with Crippen molar-refractivity contribution in [3.8, 4) is 0 Å². The average molecular weight is 411 g/mol. The molecule has 142 valence electrons. The van der Waals surface area contributed by atoms with Gasteiger partial charge in [-0.3, -0.25) is 18.1 Å². The first kappa shape index (κ1) is 19.3. The van der Waals surface area contributed by atoms with Crippen LogP contribution in [0, 0.1) is 5.82 Å². The van der Waals surface area contributed by atoms with Crippen molar-refractivity contribution in [1.29, 1.82) is 0 Å². The van der Waals surface area contributed by atoms with Crippen molar-refractivity contribution < 1.29 is 17.9 Å². The molecule has 2 heterocycles. The monoisotopic (exact) mass is 410 g/mol. The summed E-state index contributed by atoms with van der Waals surface area (Å²) in [6.07, 6.45) is 3.65. The number of pyridine rings is 1. The molecule has 2 N–H and O–H groups in total. The molecular formula is C17H16ClFN4O3S. The topological polar surface area (TPSA) is 86.9 Å². The number of anilines is 2. The molecule has 0 aliphatic heterocycles. The van der Waals surface area contributed by atoms with Crippen molar-refractivity contribution in [2.24, 2.45) is 0 Å². The Bertz CT molecular complexity index is 1030. The predicted octanol–water partition coefficient (Wildman–Crippen LogP) is 3.73. The van der Waals surface area contributed by atoms with Crippen LogP contribution in [-0.2, 0) is 11.3 Å². The summed E-state index contributed by atoms with van der Waals surface area (Å²) < 4.78 is 38.6. The normalized spacial score (nSPS) is 12.1. The third-order valence-electron chi connectivity index (χ3n) is 3.84. The molecule has 2 aromatic heterocycles. The summed E-state index contributed by atoms with van der Waals surface area (Å²) in [5, 5.41) is 2.46. The minimum Gasteiger partial charge on any atom is -0.306 e. The van der Waals surface area contributed by atoms with E-state index in [4.69, 9.17) is 11.6 Å². The van der Waals surface area contributed by atoms with E-state index in [9.17, 15) is 13.6 Å². The Balaban J connectivity index is 1.99. The Morgan fingerprint density at radius 2 is 2.19 bits per heavy atom. The molecule has 3 aromatic rings. The molecule has 7 nitrogen and oxygen atoms in total. The van der Waals surface area contributed by atoms with Gasteiger partial charge in [0.2, 0.25) is 0 Å². The van der Waals surface area contributed by atoms with Crippen molar-refractivity contribution in [2.45, 2.75) is 13.3 Å². The van der Waals surface area contributed by atoms with Gasteiger partial charge in [0, 0.05) is 12.7 Å². The molecule has 3 rings (SSSR count). The summed E-state index contributed by atoms with van der Waals surface area (Å²) >= 11 is 3.60. The zero-order chi connectivity index (χ0) is 19.6. The molecule has 0 radical (unpaired) electrons. The van der Waals surface area contributed by atoms with Crippen LogP contribution >= 0.6 is 11.6 Å². The van der Waals surface area contributed by atoms with Crippen molar-refractivity contribution in [3.63, 3.8) is 0 Å². The lowest BCUT2D eigenvalue weighted by Gasteiger charge is -2.21. The molecule has 27 heavy (non-hydrogen) atoms. The number of nitrogens with zero attached hydrogens (tertiary/aromatic N) is 3. The van der Waals surface area contributed by atoms with Crippen LogP contribution in [0.25, 0.3) is 5.65 Å². The fourth-order valence-corrected chi connectivity index (χ4v) is 3.51. The minimum absolute atomic E-state index is 0.109. The SMILES string of the molecule is CCCN(c1ccc(Cl)c(C(=O)Nc2cnc3ccccn23)c1F)S(=O)O. The van der Waals surface area contributed by atoms with Crippen LogP contribution in [0.15, 0.2) is 42.7 Å². The smallest absolute Gasteiger partial charge is 0.261 e. The lowest BCUT2D eigenvalue weighted by molar-refractivity contribution is 0.102. The number of amides is 1. The summed E-state index contributed by atoms with van der Waals surface area (Å²) in [5.41, 5.74) is 0.0231. The number of aromatic nitrogens is 2. The zero-order valence-electron chi connectivity index (χ0n) is 14.2. The van der Waals surface area contributed by atoms with E-state index in [0.717, 1.165) is 4.31 Å². The molecule has 1 aromatic carbocycles. The maximum absolute atomic E-state index is 15.0. The number of fused-ring (bicyclic) bond motifs is 1. The number of halogens is 2. The largest absolute Gasteiger partial charge is 0.306 e. The first-order valence-electron chi connectivity index (χ1n) is 8.04. The van der Waals surface area contributed by atoms with Crippen molar-refractivity contribution >= 4 is 45.9 Å². The third kappa shape index (κ3) is 3.80. The van der Waals surface area contributed by atoms with Gasteiger partial charge in [-0.05, 0) is 30.7 Å². The second kappa shape index (κ2) is 8.03. The fourth-order valence-electron chi connectivity index (χ4n) is 2.63. The minimum atomic E-state index is -2.44. The summed E-state index contributed by atoms with van der Waals surface area (Å²) in [5.74, 6) is -1.41. The maximum Gasteiger partial charge on any atom is 0.261 e. The lowest BCUT2D eigenvalue weighted by Crippen LogP contribution is -2.28. The second-order valence-electron chi connectivity index (χ2n) is 5.61. The van der Waals surface area contributed by atoms with Crippen LogP contribution in [-0.4, -0.2) is 30.6 Å². The van der Waals surface area contributed by atoms with Crippen LogP contribution < -0.4 is 9.62 Å². The summed E-state index contributed by atoms with van der Waals surface area (Å²) in [4.78, 5) is 16.8. The van der Waals surface area contributed by atoms with Crippen LogP contribution in [0.3, 0.4) is 0 Å². The molecule has 0 spiro atoms. The van der Waals surface area contributed by atoms with Gasteiger partial charge in [-0.1, -0.05) is 24.6 Å². The van der Waals surface area contributed by atoms with E-state index in [1.165, 1.54) is 18.3 Å². The fraction of sp³-hybridized carbons (Fsp3) is 0.176. The highest BCUT2D eigenvalue weighted by molar-refractivity contribution is 7.80. The van der Waals surface area contributed by atoms with Crippen LogP contribution in [0.2, 0.25) is 5.02 Å². The molecular weight excluding hydrogens is 395 g/mol. The average Bonchev–Trinajstić information content (AvgIpc) is 3.03. The van der Waals surface area contributed by atoms with Crippen LogP contribution in [0.1, 0.15) is 23.7 Å². The number of benzene rings is 1. The quantitative estimate of drug-likeness (QED) is 0.606. The van der Waals surface area contributed by atoms with Gasteiger partial charge in [0.1, 0.15) is 11.5 Å². The van der Waals surface area contributed by atoms with Crippen LogP contribution in [0.5, 0.6) is 0 Å². The Kier molecular flexibility index (Phi) is 5.73. The van der Waals surface area contributed by atoms with Crippen molar-refractivity contribution in [2.75, 3.05) is 16.2 Å². The highest BCUT2D eigenvalue weighted by atomic mass is 35.5. The van der Waals surface area contributed by atoms with Gasteiger partial charge >= 0.3 is 0 Å². The van der Waals surface area contributed by atoms with E-state index >= 15 is 4.39 Å². The van der Waals surface area contributed by atoms with E-state index in [-0.39, 0.29) is 17.3 Å². The van der Waals surface area contributed by atoms with Gasteiger partial charge in [0.15, 0.2) is 5.82 Å².